The Hall–Kier alpha value is -1.04. The zero-order valence-electron chi connectivity index (χ0n) is 11.0. The zero-order chi connectivity index (χ0) is 12.9. The quantitative estimate of drug-likeness (QED) is 0.535. The third kappa shape index (κ3) is 1.66. The van der Waals surface area contributed by atoms with Crippen LogP contribution in [0.4, 0.5) is 0 Å². The van der Waals surface area contributed by atoms with Gasteiger partial charge in [0.15, 0.2) is 0 Å². The summed E-state index contributed by atoms with van der Waals surface area (Å²) < 4.78 is 0. The summed E-state index contributed by atoms with van der Waals surface area (Å²) in [6, 6.07) is -0.292. The molecule has 2 rings (SSSR count). The average Bonchev–Trinajstić information content (AvgIpc) is 2.30. The maximum Gasteiger partial charge on any atom is 0.294 e. The topological polar surface area (TPSA) is 43.9 Å². The van der Waals surface area contributed by atoms with Gasteiger partial charge >= 0.3 is 0 Å². The van der Waals surface area contributed by atoms with Crippen LogP contribution < -0.4 is 0 Å². The molecule has 0 aromatic carbocycles. The minimum absolute atomic E-state index is 0.0234. The van der Waals surface area contributed by atoms with Crippen LogP contribution in [0.3, 0.4) is 0 Å². The Kier molecular flexibility index (Phi) is 2.93. The van der Waals surface area contributed by atoms with E-state index in [1.54, 1.807) is 23.7 Å². The maximum absolute atomic E-state index is 12.3. The fraction of sp³-hybridized carbons (Fsp3) is 0.818. The summed E-state index contributed by atoms with van der Waals surface area (Å²) in [6.07, 6.45) is 0. The van der Waals surface area contributed by atoms with E-state index in [2.05, 4.69) is 11.8 Å². The number of hydrogen-bond acceptors (Lipinski definition) is 3. The van der Waals surface area contributed by atoms with Crippen molar-refractivity contribution in [2.75, 3.05) is 14.1 Å². The van der Waals surface area contributed by atoms with E-state index >= 15 is 0 Å². The van der Waals surface area contributed by atoms with Crippen LogP contribution >= 0.6 is 0 Å². The Morgan fingerprint density at radius 1 is 1.06 bits per heavy atom. The lowest BCUT2D eigenvalue weighted by Crippen LogP contribution is -2.73. The molecular weight excluding hydrogens is 217 g/mol. The van der Waals surface area contributed by atoms with Crippen LogP contribution in [0.15, 0.2) is 0 Å². The first-order chi connectivity index (χ1) is 7.86. The van der Waals surface area contributed by atoms with E-state index in [0.29, 0.717) is 0 Å². The molecule has 0 aromatic rings. The van der Waals surface area contributed by atoms with Crippen LogP contribution in [0.2, 0.25) is 0 Å². The van der Waals surface area contributed by atoms with Crippen molar-refractivity contribution >= 4 is 19.2 Å². The molecule has 6 heteroatoms. The summed E-state index contributed by atoms with van der Waals surface area (Å²) in [5, 5.41) is 0. The molecule has 93 valence electrons. The van der Waals surface area contributed by atoms with Gasteiger partial charge in [0.1, 0.15) is 6.04 Å². The van der Waals surface area contributed by atoms with Crippen molar-refractivity contribution < 1.29 is 9.59 Å². The molecule has 2 heterocycles. The number of nitrogens with zero attached hydrogens (tertiary/aromatic N) is 3. The van der Waals surface area contributed by atoms with Crippen molar-refractivity contribution in [3.8, 4) is 0 Å². The van der Waals surface area contributed by atoms with Gasteiger partial charge in [-0.05, 0) is 27.9 Å². The molecule has 2 amide bonds. The smallest absolute Gasteiger partial charge is 0.294 e. The summed E-state index contributed by atoms with van der Waals surface area (Å²) in [7, 11) is 5.57. The highest BCUT2D eigenvalue weighted by Crippen LogP contribution is 2.28. The first kappa shape index (κ1) is 12.4. The highest BCUT2D eigenvalue weighted by atomic mass is 16.2. The Labute approximate surface area is 103 Å². The molecule has 2 fully saturated rings. The van der Waals surface area contributed by atoms with Gasteiger partial charge in [-0.2, -0.15) is 0 Å². The van der Waals surface area contributed by atoms with E-state index in [1.807, 2.05) is 21.4 Å². The molecule has 0 spiro atoms. The van der Waals surface area contributed by atoms with E-state index in [4.69, 9.17) is 0 Å². The number of hydrogen-bond donors (Lipinski definition) is 0. The molecule has 0 aromatic heterocycles. The van der Waals surface area contributed by atoms with Crippen molar-refractivity contribution in [3.63, 3.8) is 0 Å². The van der Waals surface area contributed by atoms with E-state index in [0.717, 1.165) is 0 Å². The molecule has 17 heavy (non-hydrogen) atoms. The normalized spacial score (nSPS) is 39.1. The molecule has 4 unspecified atom stereocenters. The molecular formula is C11H19BN3O2. The lowest BCUT2D eigenvalue weighted by Gasteiger charge is -2.53. The van der Waals surface area contributed by atoms with Gasteiger partial charge in [-0.15, -0.1) is 0 Å². The monoisotopic (exact) mass is 236 g/mol. The first-order valence-electron chi connectivity index (χ1n) is 6.02. The fourth-order valence-electron chi connectivity index (χ4n) is 2.65. The van der Waals surface area contributed by atoms with Gasteiger partial charge < -0.3 is 9.71 Å². The Balaban J connectivity index is 2.35. The third-order valence-electron chi connectivity index (χ3n) is 4.19. The Morgan fingerprint density at radius 3 is 2.24 bits per heavy atom. The second-order valence-electron chi connectivity index (χ2n) is 5.13. The zero-order valence-corrected chi connectivity index (χ0v) is 11.0. The fourth-order valence-corrected chi connectivity index (χ4v) is 2.65. The van der Waals surface area contributed by atoms with Crippen LogP contribution in [0.5, 0.6) is 0 Å². The van der Waals surface area contributed by atoms with E-state index in [-0.39, 0.29) is 35.9 Å². The molecule has 5 nitrogen and oxygen atoms in total. The standard InChI is InChI=1S/C11H19BN3O2/c1-6-7(2)13(4)11-12-14(5)10(17)8(3)15(11)9(6)16/h6-8,11H,1-5H3. The third-order valence-corrected chi connectivity index (χ3v) is 4.19. The van der Waals surface area contributed by atoms with Gasteiger partial charge in [0.05, 0.1) is 12.0 Å². The second-order valence-corrected chi connectivity index (χ2v) is 5.13. The molecule has 2 saturated heterocycles. The van der Waals surface area contributed by atoms with Crippen LogP contribution in [0.1, 0.15) is 20.8 Å². The number of fused-ring (bicyclic) bond motifs is 1. The summed E-state index contributed by atoms with van der Waals surface area (Å²) >= 11 is 0. The van der Waals surface area contributed by atoms with Crippen molar-refractivity contribution in [3.05, 3.63) is 0 Å². The van der Waals surface area contributed by atoms with Crippen LogP contribution in [-0.2, 0) is 9.59 Å². The SMILES string of the molecule is CC1C(=O)N2C(C)C(=O)N(C)[B]C2N(C)C1C. The van der Waals surface area contributed by atoms with E-state index in [9.17, 15) is 9.59 Å². The predicted octanol–water partition coefficient (Wildman–Crippen LogP) is -0.452. The summed E-state index contributed by atoms with van der Waals surface area (Å²) in [5.74, 6) is -0.0149. The number of amides is 2. The van der Waals surface area contributed by atoms with Crippen LogP contribution in [-0.4, -0.2) is 66.1 Å². The van der Waals surface area contributed by atoms with Gasteiger partial charge in [0, 0.05) is 6.04 Å². The molecule has 2 aliphatic rings. The minimum atomic E-state index is -0.375. The largest absolute Gasteiger partial charge is 0.388 e. The highest BCUT2D eigenvalue weighted by Gasteiger charge is 2.49. The number of carbonyl (C=O) groups is 2. The molecule has 2 aliphatic heterocycles. The summed E-state index contributed by atoms with van der Waals surface area (Å²) in [5.41, 5.74) is 0. The van der Waals surface area contributed by atoms with Gasteiger partial charge in [-0.3, -0.25) is 14.5 Å². The van der Waals surface area contributed by atoms with Gasteiger partial charge in [0.25, 0.3) is 7.41 Å². The summed E-state index contributed by atoms with van der Waals surface area (Å²) in [6.45, 7) is 5.78. The van der Waals surface area contributed by atoms with Crippen LogP contribution in [0.25, 0.3) is 0 Å². The molecule has 0 saturated carbocycles. The molecule has 4 atom stereocenters. The van der Waals surface area contributed by atoms with Gasteiger partial charge in [-0.25, -0.2) is 0 Å². The Bertz CT molecular complexity index is 363. The van der Waals surface area contributed by atoms with Crippen molar-refractivity contribution in [2.24, 2.45) is 5.92 Å². The maximum atomic E-state index is 12.3. The van der Waals surface area contributed by atoms with E-state index < -0.39 is 0 Å². The lowest BCUT2D eigenvalue weighted by atomic mass is 9.75. The van der Waals surface area contributed by atoms with E-state index in [1.165, 1.54) is 0 Å². The van der Waals surface area contributed by atoms with Gasteiger partial charge in [-0.1, -0.05) is 6.92 Å². The van der Waals surface area contributed by atoms with Crippen molar-refractivity contribution in [1.82, 2.24) is 14.6 Å². The molecule has 1 radical (unpaired) electrons. The van der Waals surface area contributed by atoms with Gasteiger partial charge in [0.2, 0.25) is 11.8 Å². The average molecular weight is 236 g/mol. The lowest BCUT2D eigenvalue weighted by molar-refractivity contribution is -0.161. The Morgan fingerprint density at radius 2 is 1.65 bits per heavy atom. The predicted molar refractivity (Wildman–Crippen MR) is 65.0 cm³/mol. The number of rotatable bonds is 0. The minimum Gasteiger partial charge on any atom is -0.388 e. The van der Waals surface area contributed by atoms with Crippen LogP contribution in [0, 0.1) is 5.92 Å². The first-order valence-corrected chi connectivity index (χ1v) is 6.02. The highest BCUT2D eigenvalue weighted by molar-refractivity contribution is 6.40. The molecule has 0 aliphatic carbocycles. The van der Waals surface area contributed by atoms with Crippen molar-refractivity contribution in [1.29, 1.82) is 0 Å². The second kappa shape index (κ2) is 4.01. The van der Waals surface area contributed by atoms with Crippen molar-refractivity contribution in [2.45, 2.75) is 38.9 Å². The number of likely N-dealkylation sites (N-methyl/N-ethyl adjacent to an activating group) is 1. The summed E-state index contributed by atoms with van der Waals surface area (Å²) in [4.78, 5) is 29.6. The molecule has 0 N–H and O–H groups in total. The molecule has 0 bridgehead atoms. The number of carbonyl (C=O) groups excluding carboxylic acids is 2.